The van der Waals surface area contributed by atoms with Gasteiger partial charge in [-0.15, -0.1) is 0 Å². The second kappa shape index (κ2) is 2.20. The number of hydrogen-bond acceptors (Lipinski definition) is 2. The molecule has 0 bridgehead atoms. The van der Waals surface area contributed by atoms with Crippen LogP contribution in [-0.4, -0.2) is 17.4 Å². The molecule has 2 nitrogen and oxygen atoms in total. The van der Waals surface area contributed by atoms with Crippen molar-refractivity contribution in [1.82, 2.24) is 5.32 Å². The van der Waals surface area contributed by atoms with Crippen molar-refractivity contribution in [3.63, 3.8) is 0 Å². The minimum absolute atomic E-state index is 0.254. The molecule has 1 saturated carbocycles. The molecule has 2 N–H and O–H groups in total. The van der Waals surface area contributed by atoms with E-state index in [0.29, 0.717) is 11.5 Å². The summed E-state index contributed by atoms with van der Waals surface area (Å²) in [5.41, 5.74) is 0.306. The van der Waals surface area contributed by atoms with Crippen LogP contribution in [0.25, 0.3) is 0 Å². The molecule has 2 rings (SSSR count). The Bertz CT molecular complexity index is 163. The molecule has 1 heterocycles. The Labute approximate surface area is 68.0 Å². The van der Waals surface area contributed by atoms with Crippen molar-refractivity contribution >= 4 is 0 Å². The Hall–Kier alpha value is -0.0800. The van der Waals surface area contributed by atoms with Crippen LogP contribution in [0.5, 0.6) is 0 Å². The SMILES string of the molecule is CC1(C)CC(O)NC1C1CC1. The van der Waals surface area contributed by atoms with E-state index in [1.54, 1.807) is 0 Å². The van der Waals surface area contributed by atoms with Crippen molar-refractivity contribution in [2.75, 3.05) is 0 Å². The van der Waals surface area contributed by atoms with Crippen LogP contribution in [0.3, 0.4) is 0 Å². The number of rotatable bonds is 1. The van der Waals surface area contributed by atoms with Gasteiger partial charge in [-0.05, 0) is 30.6 Å². The molecule has 2 unspecified atom stereocenters. The van der Waals surface area contributed by atoms with E-state index in [1.807, 2.05) is 0 Å². The standard InChI is InChI=1S/C9H17NO/c1-9(2)5-7(11)10-8(9)6-3-4-6/h6-8,10-11H,3-5H2,1-2H3. The Morgan fingerprint density at radius 3 is 2.36 bits per heavy atom. The molecule has 1 aliphatic heterocycles. The van der Waals surface area contributed by atoms with Gasteiger partial charge in [0.15, 0.2) is 0 Å². The fourth-order valence-corrected chi connectivity index (χ4v) is 2.32. The number of aliphatic hydroxyl groups is 1. The smallest absolute Gasteiger partial charge is 0.105 e. The minimum atomic E-state index is -0.254. The predicted molar refractivity (Wildman–Crippen MR) is 44.1 cm³/mol. The monoisotopic (exact) mass is 155 g/mol. The summed E-state index contributed by atoms with van der Waals surface area (Å²) in [6.45, 7) is 4.50. The van der Waals surface area contributed by atoms with Crippen molar-refractivity contribution in [1.29, 1.82) is 0 Å². The van der Waals surface area contributed by atoms with Crippen LogP contribution in [0.2, 0.25) is 0 Å². The fraction of sp³-hybridized carbons (Fsp3) is 1.00. The third kappa shape index (κ3) is 1.30. The van der Waals surface area contributed by atoms with Crippen molar-refractivity contribution < 1.29 is 5.11 Å². The largest absolute Gasteiger partial charge is 0.379 e. The van der Waals surface area contributed by atoms with Crippen LogP contribution in [-0.2, 0) is 0 Å². The lowest BCUT2D eigenvalue weighted by Gasteiger charge is -2.25. The second-order valence-electron chi connectivity index (χ2n) is 4.69. The van der Waals surface area contributed by atoms with Gasteiger partial charge in [-0.2, -0.15) is 0 Å². The van der Waals surface area contributed by atoms with Gasteiger partial charge in [-0.3, -0.25) is 5.32 Å². The zero-order valence-electron chi connectivity index (χ0n) is 7.30. The van der Waals surface area contributed by atoms with Crippen LogP contribution in [0, 0.1) is 11.3 Å². The molecule has 64 valence electrons. The maximum atomic E-state index is 9.40. The highest BCUT2D eigenvalue weighted by atomic mass is 16.3. The van der Waals surface area contributed by atoms with Gasteiger partial charge in [0.05, 0.1) is 0 Å². The molecule has 0 amide bonds. The molecule has 0 spiro atoms. The van der Waals surface area contributed by atoms with Crippen LogP contribution >= 0.6 is 0 Å². The van der Waals surface area contributed by atoms with Crippen LogP contribution in [0.1, 0.15) is 33.1 Å². The first-order valence-corrected chi connectivity index (χ1v) is 4.54. The molecular weight excluding hydrogens is 138 g/mol. The third-order valence-corrected chi connectivity index (χ3v) is 3.03. The van der Waals surface area contributed by atoms with E-state index in [9.17, 15) is 5.11 Å². The summed E-state index contributed by atoms with van der Waals surface area (Å²) < 4.78 is 0. The van der Waals surface area contributed by atoms with Crippen LogP contribution < -0.4 is 5.32 Å². The van der Waals surface area contributed by atoms with E-state index in [2.05, 4.69) is 19.2 Å². The van der Waals surface area contributed by atoms with Crippen LogP contribution in [0.4, 0.5) is 0 Å². The molecule has 0 radical (unpaired) electrons. The minimum Gasteiger partial charge on any atom is -0.379 e. The highest BCUT2D eigenvalue weighted by Gasteiger charge is 2.46. The Morgan fingerprint density at radius 2 is 2.00 bits per heavy atom. The van der Waals surface area contributed by atoms with E-state index < -0.39 is 0 Å². The molecule has 11 heavy (non-hydrogen) atoms. The van der Waals surface area contributed by atoms with Gasteiger partial charge in [0.25, 0.3) is 0 Å². The average Bonchev–Trinajstić information content (AvgIpc) is 2.59. The van der Waals surface area contributed by atoms with E-state index >= 15 is 0 Å². The molecule has 1 aliphatic carbocycles. The highest BCUT2D eigenvalue weighted by Crippen LogP contribution is 2.45. The van der Waals surface area contributed by atoms with E-state index in [1.165, 1.54) is 12.8 Å². The molecule has 0 aromatic carbocycles. The lowest BCUT2D eigenvalue weighted by Crippen LogP contribution is -2.36. The Kier molecular flexibility index (Phi) is 1.52. The fourth-order valence-electron chi connectivity index (χ4n) is 2.32. The molecule has 0 aromatic rings. The summed E-state index contributed by atoms with van der Waals surface area (Å²) in [5, 5.41) is 12.7. The summed E-state index contributed by atoms with van der Waals surface area (Å²) in [7, 11) is 0. The maximum Gasteiger partial charge on any atom is 0.105 e. The molecule has 2 fully saturated rings. The zero-order valence-corrected chi connectivity index (χ0v) is 7.30. The first kappa shape index (κ1) is 7.56. The normalized spacial score (nSPS) is 42.8. The summed E-state index contributed by atoms with van der Waals surface area (Å²) in [6.07, 6.45) is 3.37. The zero-order chi connectivity index (χ0) is 8.06. The molecule has 2 heteroatoms. The van der Waals surface area contributed by atoms with Gasteiger partial charge in [-0.1, -0.05) is 13.8 Å². The first-order chi connectivity index (χ1) is 5.09. The molecule has 0 aromatic heterocycles. The molecule has 2 atom stereocenters. The average molecular weight is 155 g/mol. The van der Waals surface area contributed by atoms with Gasteiger partial charge in [-0.25, -0.2) is 0 Å². The van der Waals surface area contributed by atoms with Gasteiger partial charge < -0.3 is 5.11 Å². The van der Waals surface area contributed by atoms with Crippen molar-refractivity contribution in [2.24, 2.45) is 11.3 Å². The van der Waals surface area contributed by atoms with Gasteiger partial charge in [0.1, 0.15) is 6.23 Å². The molecule has 1 saturated heterocycles. The van der Waals surface area contributed by atoms with Crippen molar-refractivity contribution in [3.8, 4) is 0 Å². The quantitative estimate of drug-likeness (QED) is 0.594. The first-order valence-electron chi connectivity index (χ1n) is 4.54. The highest BCUT2D eigenvalue weighted by molar-refractivity contribution is 5.00. The second-order valence-corrected chi connectivity index (χ2v) is 4.69. The molecular formula is C9H17NO. The van der Waals surface area contributed by atoms with Crippen LogP contribution in [0.15, 0.2) is 0 Å². The third-order valence-electron chi connectivity index (χ3n) is 3.03. The summed E-state index contributed by atoms with van der Waals surface area (Å²) in [5.74, 6) is 0.849. The Morgan fingerprint density at radius 1 is 1.36 bits per heavy atom. The topological polar surface area (TPSA) is 32.3 Å². The van der Waals surface area contributed by atoms with Gasteiger partial charge >= 0.3 is 0 Å². The number of aliphatic hydroxyl groups excluding tert-OH is 1. The lowest BCUT2D eigenvalue weighted by atomic mass is 9.82. The van der Waals surface area contributed by atoms with Gasteiger partial charge in [0, 0.05) is 6.04 Å². The number of hydrogen-bond donors (Lipinski definition) is 2. The summed E-state index contributed by atoms with van der Waals surface area (Å²) in [4.78, 5) is 0. The van der Waals surface area contributed by atoms with E-state index in [4.69, 9.17) is 0 Å². The Balaban J connectivity index is 2.07. The van der Waals surface area contributed by atoms with Crippen molar-refractivity contribution in [3.05, 3.63) is 0 Å². The predicted octanol–water partition coefficient (Wildman–Crippen LogP) is 1.10. The molecule has 2 aliphatic rings. The van der Waals surface area contributed by atoms with E-state index in [0.717, 1.165) is 12.3 Å². The number of nitrogens with one attached hydrogen (secondary N) is 1. The van der Waals surface area contributed by atoms with Crippen molar-refractivity contribution in [2.45, 2.75) is 45.4 Å². The lowest BCUT2D eigenvalue weighted by molar-refractivity contribution is 0.148. The van der Waals surface area contributed by atoms with Gasteiger partial charge in [0.2, 0.25) is 0 Å². The maximum absolute atomic E-state index is 9.40. The van der Waals surface area contributed by atoms with E-state index in [-0.39, 0.29) is 6.23 Å². The summed E-state index contributed by atoms with van der Waals surface area (Å²) in [6, 6.07) is 0.567. The summed E-state index contributed by atoms with van der Waals surface area (Å²) >= 11 is 0.